The molecule has 0 unspecified atom stereocenters. The van der Waals surface area contributed by atoms with E-state index in [0.717, 1.165) is 0 Å². The Labute approximate surface area is 203 Å². The first kappa shape index (κ1) is 22.5. The number of benzene rings is 5. The molecule has 0 spiro atoms. The fourth-order valence-corrected chi connectivity index (χ4v) is 13.9. The summed E-state index contributed by atoms with van der Waals surface area (Å²) in [5.41, 5.74) is 0. The lowest BCUT2D eigenvalue weighted by molar-refractivity contribution is 1.73. The fourth-order valence-electron chi connectivity index (χ4n) is 4.59. The molecule has 34 heavy (non-hydrogen) atoms. The highest BCUT2D eigenvalue weighted by atomic mass is 31.2. The molecule has 0 fully saturated rings. The van der Waals surface area contributed by atoms with Crippen molar-refractivity contribution in [1.82, 2.24) is 0 Å². The van der Waals surface area contributed by atoms with Gasteiger partial charge in [0, 0.05) is 6.89 Å². The molecule has 0 saturated carbocycles. The van der Waals surface area contributed by atoms with Gasteiger partial charge in [-0.15, -0.1) is 5.17 Å². The Hall–Kier alpha value is -3.26. The third-order valence-corrected chi connectivity index (χ3v) is 15.0. The van der Waals surface area contributed by atoms with Gasteiger partial charge in [0.15, 0.2) is 0 Å². The monoisotopic (exact) mass is 474 g/mol. The summed E-state index contributed by atoms with van der Waals surface area (Å²) in [5.74, 6) is 0. The predicted molar refractivity (Wildman–Crippen MR) is 155 cm³/mol. The molecule has 5 rings (SSSR count). The molecule has 0 aliphatic heterocycles. The van der Waals surface area contributed by atoms with Crippen LogP contribution in [-0.4, -0.2) is 11.8 Å². The summed E-state index contributed by atoms with van der Waals surface area (Å²) in [4.78, 5) is 0. The van der Waals surface area contributed by atoms with E-state index in [1.54, 1.807) is 0 Å². The molecule has 5 aromatic carbocycles. The third-order valence-electron chi connectivity index (χ3n) is 6.33. The Morgan fingerprint density at radius 3 is 0.853 bits per heavy atom. The molecule has 0 radical (unpaired) electrons. The van der Waals surface area contributed by atoms with Crippen molar-refractivity contribution in [2.24, 2.45) is 0 Å². The highest BCUT2D eigenvalue weighted by molar-refractivity contribution is 8.03. The van der Waals surface area contributed by atoms with Gasteiger partial charge in [0.25, 0.3) is 0 Å². The normalized spacial score (nSPS) is 11.6. The topological polar surface area (TPSA) is 0 Å². The van der Waals surface area contributed by atoms with E-state index >= 15 is 0 Å². The third kappa shape index (κ3) is 4.18. The quantitative estimate of drug-likeness (QED) is 0.278. The van der Waals surface area contributed by atoms with E-state index in [4.69, 9.17) is 0 Å². The van der Waals surface area contributed by atoms with Crippen molar-refractivity contribution < 1.29 is 0 Å². The lowest BCUT2D eigenvalue weighted by Crippen LogP contribution is -2.27. The summed E-state index contributed by atoms with van der Waals surface area (Å²) in [6.45, 7) is -1.77. The minimum atomic E-state index is -2.21. The fraction of sp³-hybridized carbons (Fsp3) is 0.0312. The summed E-state index contributed by atoms with van der Waals surface area (Å²) >= 11 is 0. The van der Waals surface area contributed by atoms with E-state index in [9.17, 15) is 0 Å². The molecule has 0 bridgehead atoms. The molecule has 0 aromatic heterocycles. The van der Waals surface area contributed by atoms with Gasteiger partial charge in [-0.1, -0.05) is 152 Å². The van der Waals surface area contributed by atoms with E-state index in [1.807, 2.05) is 0 Å². The second kappa shape index (κ2) is 9.93. The predicted octanol–water partition coefficient (Wildman–Crippen LogP) is 5.92. The lowest BCUT2D eigenvalue weighted by Gasteiger charge is -2.29. The summed E-state index contributed by atoms with van der Waals surface area (Å²) in [7, 11) is 0. The molecule has 0 atom stereocenters. The Morgan fingerprint density at radius 1 is 0.353 bits per heavy atom. The second-order valence-corrected chi connectivity index (χ2v) is 15.2. The second-order valence-electron chi connectivity index (χ2n) is 8.45. The van der Waals surface area contributed by atoms with Crippen molar-refractivity contribution in [2.45, 2.75) is 0 Å². The van der Waals surface area contributed by atoms with Gasteiger partial charge in [-0.05, 0) is 40.1 Å². The summed E-state index contributed by atoms with van der Waals surface area (Å²) in [6.07, 6.45) is 0. The van der Waals surface area contributed by atoms with Crippen molar-refractivity contribution in [2.75, 3.05) is 6.66 Å². The molecule has 0 amide bonds. The first-order valence-electron chi connectivity index (χ1n) is 11.6. The first-order valence-corrected chi connectivity index (χ1v) is 15.6. The molecular formula is C32H28P2. The highest BCUT2D eigenvalue weighted by Gasteiger charge is 2.27. The standard InChI is InChI=1S/C32H28P2/c1-33(28-17-7-2-8-18-28,29-19-9-3-10-20-29)27-34(30-21-11-4-12-22-30,31-23-13-5-14-24-31)32-25-15-6-16-26-32/h2-26H,1H3. The minimum Gasteiger partial charge on any atom is -0.110 e. The van der Waals surface area contributed by atoms with Gasteiger partial charge in [-0.25, -0.2) is 0 Å². The van der Waals surface area contributed by atoms with Gasteiger partial charge in [-0.2, -0.15) is 0 Å². The molecule has 166 valence electrons. The molecule has 0 saturated heterocycles. The van der Waals surface area contributed by atoms with Crippen LogP contribution in [0, 0.1) is 0 Å². The van der Waals surface area contributed by atoms with Crippen molar-refractivity contribution in [3.63, 3.8) is 0 Å². The van der Waals surface area contributed by atoms with Crippen molar-refractivity contribution >= 4 is 45.5 Å². The van der Waals surface area contributed by atoms with Gasteiger partial charge in [-0.3, -0.25) is 0 Å². The summed E-state index contributed by atoms with van der Waals surface area (Å²) in [6, 6.07) is 55.0. The molecule has 5 aromatic rings. The van der Waals surface area contributed by atoms with Crippen LogP contribution in [0.2, 0.25) is 0 Å². The zero-order valence-electron chi connectivity index (χ0n) is 19.3. The summed E-state index contributed by atoms with van der Waals surface area (Å²) in [5, 5.41) is 11.2. The Balaban J connectivity index is 2.11. The molecule has 0 N–H and O–H groups in total. The molecule has 0 heterocycles. The van der Waals surface area contributed by atoms with Crippen LogP contribution < -0.4 is 26.5 Å². The van der Waals surface area contributed by atoms with Gasteiger partial charge in [0.05, 0.1) is 0 Å². The maximum atomic E-state index is 4.45. The Bertz CT molecular complexity index is 1320. The van der Waals surface area contributed by atoms with Gasteiger partial charge < -0.3 is 0 Å². The lowest BCUT2D eigenvalue weighted by atomic mass is 10.4. The van der Waals surface area contributed by atoms with E-state index in [1.165, 1.54) is 26.5 Å². The minimum absolute atomic E-state index is 1.34. The van der Waals surface area contributed by atoms with Crippen molar-refractivity contribution in [3.8, 4) is 0 Å². The number of hydrogen-bond donors (Lipinski definition) is 0. The van der Waals surface area contributed by atoms with Gasteiger partial charge in [0.2, 0.25) is 0 Å². The van der Waals surface area contributed by atoms with Crippen LogP contribution in [0.25, 0.3) is 0 Å². The van der Waals surface area contributed by atoms with E-state index < -0.39 is 13.8 Å². The smallest absolute Gasteiger partial charge is 0.0171 e. The molecule has 0 nitrogen and oxygen atoms in total. The van der Waals surface area contributed by atoms with Crippen LogP contribution in [0.3, 0.4) is 0 Å². The van der Waals surface area contributed by atoms with Crippen LogP contribution >= 0.6 is 13.8 Å². The van der Waals surface area contributed by atoms with E-state index in [-0.39, 0.29) is 0 Å². The zero-order valence-corrected chi connectivity index (χ0v) is 21.1. The molecule has 0 aliphatic carbocycles. The SMILES string of the molecule is CP(=C=P(c1ccccc1)(c1ccccc1)c1ccccc1)(c1ccccc1)c1ccccc1. The van der Waals surface area contributed by atoms with Crippen LogP contribution in [0.4, 0.5) is 0 Å². The van der Waals surface area contributed by atoms with E-state index in [0.29, 0.717) is 0 Å². The van der Waals surface area contributed by atoms with Crippen LogP contribution in [0.1, 0.15) is 0 Å². The van der Waals surface area contributed by atoms with Crippen LogP contribution in [0.15, 0.2) is 152 Å². The van der Waals surface area contributed by atoms with Gasteiger partial charge >= 0.3 is 0 Å². The zero-order chi connectivity index (χ0) is 23.3. The molecule has 0 aliphatic rings. The highest BCUT2D eigenvalue weighted by Crippen LogP contribution is 2.49. The maximum absolute atomic E-state index is 4.45. The maximum Gasteiger partial charge on any atom is 0.0171 e. The average molecular weight is 475 g/mol. The van der Waals surface area contributed by atoms with Crippen LogP contribution in [-0.2, 0) is 0 Å². The van der Waals surface area contributed by atoms with E-state index in [2.05, 4.69) is 163 Å². The number of rotatable bonds is 5. The van der Waals surface area contributed by atoms with Gasteiger partial charge in [0.1, 0.15) is 0 Å². The van der Waals surface area contributed by atoms with Crippen molar-refractivity contribution in [1.29, 1.82) is 0 Å². The number of hydrogen-bond acceptors (Lipinski definition) is 0. The molecule has 2 heteroatoms. The van der Waals surface area contributed by atoms with Crippen molar-refractivity contribution in [3.05, 3.63) is 152 Å². The Kier molecular flexibility index (Phi) is 6.58. The Morgan fingerprint density at radius 2 is 0.588 bits per heavy atom. The largest absolute Gasteiger partial charge is 0.110 e. The first-order chi connectivity index (χ1) is 16.7. The van der Waals surface area contributed by atoms with Crippen LogP contribution in [0.5, 0.6) is 0 Å². The molecular weight excluding hydrogens is 446 g/mol. The average Bonchev–Trinajstić information content (AvgIpc) is 2.94. The summed E-state index contributed by atoms with van der Waals surface area (Å²) < 4.78 is 0.